The van der Waals surface area contributed by atoms with E-state index >= 15 is 0 Å². The van der Waals surface area contributed by atoms with Gasteiger partial charge in [-0.25, -0.2) is 4.98 Å². The molecule has 0 bridgehead atoms. The molecule has 0 aromatic carbocycles. The first-order valence-corrected chi connectivity index (χ1v) is 4.26. The van der Waals surface area contributed by atoms with Crippen LogP contribution in [0.5, 0.6) is 0 Å². The Morgan fingerprint density at radius 2 is 2.40 bits per heavy atom. The molecule has 0 aliphatic rings. The summed E-state index contributed by atoms with van der Waals surface area (Å²) in [6, 6.07) is 0. The Kier molecular flexibility index (Phi) is 2.27. The molecular weight excluding hydrogens is 144 g/mol. The topological polar surface area (TPSA) is 38.9 Å². The maximum atomic E-state index is 5.64. The van der Waals surface area contributed by atoms with Crippen LogP contribution >= 0.6 is 11.3 Å². The lowest BCUT2D eigenvalue weighted by atomic mass is 10.1. The molecule has 10 heavy (non-hydrogen) atoms. The molecule has 1 heterocycles. The standard InChI is InChI=1S/C7H12N2S/c1-5(2)3-6-7(8)10-4-9-6/h4-5H,3,8H2,1-2H3. The SMILES string of the molecule is CC(C)Cc1ncsc1N. The van der Waals surface area contributed by atoms with Gasteiger partial charge >= 0.3 is 0 Å². The van der Waals surface area contributed by atoms with Crippen LogP contribution in [0.25, 0.3) is 0 Å². The zero-order valence-electron chi connectivity index (χ0n) is 6.29. The van der Waals surface area contributed by atoms with E-state index in [4.69, 9.17) is 5.73 Å². The quantitative estimate of drug-likeness (QED) is 0.710. The third kappa shape index (κ3) is 1.70. The van der Waals surface area contributed by atoms with E-state index in [2.05, 4.69) is 18.8 Å². The van der Waals surface area contributed by atoms with E-state index in [1.165, 1.54) is 11.3 Å². The van der Waals surface area contributed by atoms with E-state index < -0.39 is 0 Å². The predicted octanol–water partition coefficient (Wildman–Crippen LogP) is 1.92. The van der Waals surface area contributed by atoms with E-state index in [9.17, 15) is 0 Å². The summed E-state index contributed by atoms with van der Waals surface area (Å²) < 4.78 is 0. The van der Waals surface area contributed by atoms with E-state index in [0.717, 1.165) is 17.1 Å². The smallest absolute Gasteiger partial charge is 0.109 e. The van der Waals surface area contributed by atoms with Crippen LogP contribution in [-0.4, -0.2) is 4.98 Å². The minimum Gasteiger partial charge on any atom is -0.389 e. The Balaban J connectivity index is 2.65. The summed E-state index contributed by atoms with van der Waals surface area (Å²) in [7, 11) is 0. The van der Waals surface area contributed by atoms with Crippen molar-refractivity contribution in [3.8, 4) is 0 Å². The highest BCUT2D eigenvalue weighted by molar-refractivity contribution is 7.13. The first-order valence-electron chi connectivity index (χ1n) is 3.38. The highest BCUT2D eigenvalue weighted by Gasteiger charge is 2.03. The van der Waals surface area contributed by atoms with Crippen LogP contribution in [-0.2, 0) is 6.42 Å². The molecule has 0 aliphatic heterocycles. The lowest BCUT2D eigenvalue weighted by molar-refractivity contribution is 0.639. The molecule has 1 aromatic heterocycles. The van der Waals surface area contributed by atoms with Gasteiger partial charge in [0.1, 0.15) is 5.00 Å². The van der Waals surface area contributed by atoms with Gasteiger partial charge < -0.3 is 5.73 Å². The number of aromatic nitrogens is 1. The van der Waals surface area contributed by atoms with Crippen LogP contribution in [0.2, 0.25) is 0 Å². The molecule has 0 fully saturated rings. The maximum Gasteiger partial charge on any atom is 0.109 e. The summed E-state index contributed by atoms with van der Waals surface area (Å²) in [5, 5.41) is 0.869. The summed E-state index contributed by atoms with van der Waals surface area (Å²) in [5.41, 5.74) is 8.50. The molecule has 2 nitrogen and oxygen atoms in total. The molecule has 1 rings (SSSR count). The highest BCUT2D eigenvalue weighted by atomic mass is 32.1. The van der Waals surface area contributed by atoms with Gasteiger partial charge in [-0.15, -0.1) is 11.3 Å². The Bertz CT molecular complexity index is 205. The van der Waals surface area contributed by atoms with Crippen molar-refractivity contribution in [1.29, 1.82) is 0 Å². The zero-order valence-corrected chi connectivity index (χ0v) is 7.11. The Hall–Kier alpha value is -0.570. The van der Waals surface area contributed by atoms with Crippen LogP contribution < -0.4 is 5.73 Å². The maximum absolute atomic E-state index is 5.64. The Labute approximate surface area is 65.1 Å². The second-order valence-electron chi connectivity index (χ2n) is 2.76. The van der Waals surface area contributed by atoms with Gasteiger partial charge in [0, 0.05) is 0 Å². The molecular formula is C7H12N2S. The van der Waals surface area contributed by atoms with E-state index in [1.54, 1.807) is 5.51 Å². The molecule has 0 saturated heterocycles. The van der Waals surface area contributed by atoms with Gasteiger partial charge in [0.25, 0.3) is 0 Å². The Morgan fingerprint density at radius 1 is 1.70 bits per heavy atom. The summed E-state index contributed by atoms with van der Waals surface area (Å²) in [4.78, 5) is 4.15. The number of nitrogens with zero attached hydrogens (tertiary/aromatic N) is 1. The fourth-order valence-electron chi connectivity index (χ4n) is 0.818. The summed E-state index contributed by atoms with van der Waals surface area (Å²) in [5.74, 6) is 0.643. The lowest BCUT2D eigenvalue weighted by Gasteiger charge is -2.00. The number of nitrogens with two attached hydrogens (primary N) is 1. The van der Waals surface area contributed by atoms with Crippen molar-refractivity contribution < 1.29 is 0 Å². The van der Waals surface area contributed by atoms with Crippen LogP contribution in [0.1, 0.15) is 19.5 Å². The third-order valence-electron chi connectivity index (χ3n) is 1.27. The molecule has 2 N–H and O–H groups in total. The van der Waals surface area contributed by atoms with Gasteiger partial charge in [0.2, 0.25) is 0 Å². The van der Waals surface area contributed by atoms with Crippen molar-refractivity contribution in [2.45, 2.75) is 20.3 Å². The van der Waals surface area contributed by atoms with Gasteiger partial charge in [-0.3, -0.25) is 0 Å². The van der Waals surface area contributed by atoms with Gasteiger partial charge in [-0.1, -0.05) is 13.8 Å². The van der Waals surface area contributed by atoms with Gasteiger partial charge in [0.05, 0.1) is 11.2 Å². The monoisotopic (exact) mass is 156 g/mol. The van der Waals surface area contributed by atoms with Gasteiger partial charge in [-0.2, -0.15) is 0 Å². The minimum absolute atomic E-state index is 0.643. The molecule has 0 atom stereocenters. The number of anilines is 1. The number of thiazole rings is 1. The number of hydrogen-bond donors (Lipinski definition) is 1. The molecule has 1 aromatic rings. The minimum atomic E-state index is 0.643. The average molecular weight is 156 g/mol. The van der Waals surface area contributed by atoms with Crippen LogP contribution in [0.15, 0.2) is 5.51 Å². The normalized spacial score (nSPS) is 10.7. The van der Waals surface area contributed by atoms with Crippen LogP contribution in [0.4, 0.5) is 5.00 Å². The fraction of sp³-hybridized carbons (Fsp3) is 0.571. The summed E-state index contributed by atoms with van der Waals surface area (Å²) >= 11 is 1.51. The number of rotatable bonds is 2. The molecule has 0 spiro atoms. The molecule has 0 radical (unpaired) electrons. The van der Waals surface area contributed by atoms with Crippen LogP contribution in [0.3, 0.4) is 0 Å². The van der Waals surface area contributed by atoms with Crippen molar-refractivity contribution in [2.75, 3.05) is 5.73 Å². The largest absolute Gasteiger partial charge is 0.389 e. The van der Waals surface area contributed by atoms with E-state index in [-0.39, 0.29) is 0 Å². The molecule has 3 heteroatoms. The van der Waals surface area contributed by atoms with Crippen molar-refractivity contribution >= 4 is 16.3 Å². The second-order valence-corrected chi connectivity index (χ2v) is 3.65. The van der Waals surface area contributed by atoms with Crippen molar-refractivity contribution in [3.05, 3.63) is 11.2 Å². The third-order valence-corrected chi connectivity index (χ3v) is 1.97. The molecule has 0 amide bonds. The van der Waals surface area contributed by atoms with Gasteiger partial charge in [-0.05, 0) is 12.3 Å². The number of hydrogen-bond acceptors (Lipinski definition) is 3. The molecule has 56 valence electrons. The second kappa shape index (κ2) is 3.01. The average Bonchev–Trinajstić information content (AvgIpc) is 2.15. The summed E-state index contributed by atoms with van der Waals surface area (Å²) in [6.07, 6.45) is 0.995. The predicted molar refractivity (Wildman–Crippen MR) is 45.1 cm³/mol. The van der Waals surface area contributed by atoms with Crippen LogP contribution in [0, 0.1) is 5.92 Å². The fourth-order valence-corrected chi connectivity index (χ4v) is 1.38. The van der Waals surface area contributed by atoms with Gasteiger partial charge in [0.15, 0.2) is 0 Å². The zero-order chi connectivity index (χ0) is 7.56. The molecule has 0 saturated carbocycles. The van der Waals surface area contributed by atoms with Crippen molar-refractivity contribution in [2.24, 2.45) is 5.92 Å². The lowest BCUT2D eigenvalue weighted by Crippen LogP contribution is -1.97. The number of nitrogen functional groups attached to an aromatic ring is 1. The first-order chi connectivity index (χ1) is 4.70. The molecule has 0 aliphatic carbocycles. The highest BCUT2D eigenvalue weighted by Crippen LogP contribution is 2.18. The molecule has 0 unspecified atom stereocenters. The Morgan fingerprint density at radius 3 is 2.80 bits per heavy atom. The first kappa shape index (κ1) is 7.54. The van der Waals surface area contributed by atoms with Crippen molar-refractivity contribution in [3.63, 3.8) is 0 Å². The summed E-state index contributed by atoms with van der Waals surface area (Å²) in [6.45, 7) is 4.33. The van der Waals surface area contributed by atoms with E-state index in [1.807, 2.05) is 0 Å². The van der Waals surface area contributed by atoms with Crippen molar-refractivity contribution in [1.82, 2.24) is 4.98 Å². The van der Waals surface area contributed by atoms with E-state index in [0.29, 0.717) is 5.92 Å².